The molecule has 0 saturated carbocycles. The van der Waals surface area contributed by atoms with Crippen LogP contribution in [0, 0.1) is 11.6 Å². The molecule has 0 aromatic heterocycles. The van der Waals surface area contributed by atoms with E-state index >= 15 is 0 Å². The summed E-state index contributed by atoms with van der Waals surface area (Å²) in [5.41, 5.74) is -0.395. The van der Waals surface area contributed by atoms with Gasteiger partial charge in [0.25, 0.3) is 0 Å². The predicted octanol–water partition coefficient (Wildman–Crippen LogP) is 1.62. The molecular formula is C13H16F2N2O2. The van der Waals surface area contributed by atoms with Gasteiger partial charge >= 0.3 is 0 Å². The number of halogens is 2. The summed E-state index contributed by atoms with van der Waals surface area (Å²) in [6.45, 7) is 3.84. The zero-order valence-electron chi connectivity index (χ0n) is 10.7. The Kier molecular flexibility index (Phi) is 4.44. The standard InChI is InChI=1S/C13H16F2N2O2/c1-9-7-17(5-6-19-9)8-12(18)16-13-10(14)3-2-4-11(13)15/h2-4,9H,5-8H2,1H3,(H,16,18)/t9-/m1/s1. The van der Waals surface area contributed by atoms with Gasteiger partial charge in [-0.3, -0.25) is 9.69 Å². The third kappa shape index (κ3) is 3.71. The second-order valence-corrected chi connectivity index (χ2v) is 4.56. The van der Waals surface area contributed by atoms with Crippen molar-refractivity contribution in [1.82, 2.24) is 4.90 Å². The Morgan fingerprint density at radius 2 is 2.16 bits per heavy atom. The van der Waals surface area contributed by atoms with Crippen LogP contribution in [0.1, 0.15) is 6.92 Å². The van der Waals surface area contributed by atoms with Crippen LogP contribution in [0.2, 0.25) is 0 Å². The zero-order chi connectivity index (χ0) is 13.8. The number of benzene rings is 1. The SMILES string of the molecule is C[C@@H]1CN(CC(=O)Nc2c(F)cccc2F)CCO1. The van der Waals surface area contributed by atoms with Crippen LogP contribution in [0.25, 0.3) is 0 Å². The zero-order valence-corrected chi connectivity index (χ0v) is 10.7. The van der Waals surface area contributed by atoms with Gasteiger partial charge in [-0.15, -0.1) is 0 Å². The van der Waals surface area contributed by atoms with Gasteiger partial charge in [0.15, 0.2) is 0 Å². The Bertz CT molecular complexity index is 448. The number of morpholine rings is 1. The summed E-state index contributed by atoms with van der Waals surface area (Å²) in [4.78, 5) is 13.7. The van der Waals surface area contributed by atoms with E-state index in [4.69, 9.17) is 4.74 Å². The summed E-state index contributed by atoms with van der Waals surface area (Å²) in [6.07, 6.45) is 0.0618. The highest BCUT2D eigenvalue weighted by Gasteiger charge is 2.20. The Hall–Kier alpha value is -1.53. The fourth-order valence-corrected chi connectivity index (χ4v) is 2.03. The lowest BCUT2D eigenvalue weighted by Gasteiger charge is -2.30. The second kappa shape index (κ2) is 6.08. The maximum atomic E-state index is 13.4. The van der Waals surface area contributed by atoms with Crippen molar-refractivity contribution in [3.63, 3.8) is 0 Å². The molecule has 104 valence electrons. The van der Waals surface area contributed by atoms with Crippen molar-refractivity contribution in [1.29, 1.82) is 0 Å². The van der Waals surface area contributed by atoms with Gasteiger partial charge in [-0.25, -0.2) is 8.78 Å². The molecule has 1 aromatic rings. The first-order chi connectivity index (χ1) is 9.06. The number of hydrogen-bond acceptors (Lipinski definition) is 3. The van der Waals surface area contributed by atoms with Gasteiger partial charge in [0.1, 0.15) is 17.3 Å². The number of carbonyl (C=O) groups is 1. The minimum absolute atomic E-state index is 0.0618. The van der Waals surface area contributed by atoms with Gasteiger partial charge in [0, 0.05) is 13.1 Å². The largest absolute Gasteiger partial charge is 0.376 e. The number of nitrogens with zero attached hydrogens (tertiary/aromatic N) is 1. The van der Waals surface area contributed by atoms with E-state index < -0.39 is 23.2 Å². The maximum absolute atomic E-state index is 13.4. The molecule has 1 heterocycles. The van der Waals surface area contributed by atoms with Crippen molar-refractivity contribution in [2.24, 2.45) is 0 Å². The van der Waals surface area contributed by atoms with E-state index in [0.29, 0.717) is 19.7 Å². The van der Waals surface area contributed by atoms with Crippen LogP contribution in [0.15, 0.2) is 18.2 Å². The van der Waals surface area contributed by atoms with E-state index in [1.54, 1.807) is 0 Å². The first-order valence-electron chi connectivity index (χ1n) is 6.14. The molecule has 1 aliphatic heterocycles. The minimum atomic E-state index is -0.774. The number of anilines is 1. The molecule has 4 nitrogen and oxygen atoms in total. The van der Waals surface area contributed by atoms with E-state index in [1.165, 1.54) is 6.07 Å². The Labute approximate surface area is 110 Å². The van der Waals surface area contributed by atoms with E-state index in [1.807, 2.05) is 11.8 Å². The van der Waals surface area contributed by atoms with Crippen molar-refractivity contribution in [3.05, 3.63) is 29.8 Å². The summed E-state index contributed by atoms with van der Waals surface area (Å²) < 4.78 is 32.1. The quantitative estimate of drug-likeness (QED) is 0.907. The molecule has 0 spiro atoms. The van der Waals surface area contributed by atoms with Gasteiger partial charge in [-0.1, -0.05) is 6.07 Å². The van der Waals surface area contributed by atoms with E-state index in [2.05, 4.69) is 5.32 Å². The molecule has 6 heteroatoms. The summed E-state index contributed by atoms with van der Waals surface area (Å²) in [5.74, 6) is -1.98. The average Bonchev–Trinajstić information content (AvgIpc) is 2.34. The van der Waals surface area contributed by atoms with E-state index in [9.17, 15) is 13.6 Å². The number of carbonyl (C=O) groups excluding carboxylic acids is 1. The molecule has 19 heavy (non-hydrogen) atoms. The molecule has 1 N–H and O–H groups in total. The Morgan fingerprint density at radius 3 is 2.79 bits per heavy atom. The number of rotatable bonds is 3. The van der Waals surface area contributed by atoms with Crippen LogP contribution in [0.5, 0.6) is 0 Å². The Morgan fingerprint density at radius 1 is 1.47 bits per heavy atom. The summed E-state index contributed by atoms with van der Waals surface area (Å²) >= 11 is 0. The van der Waals surface area contributed by atoms with Crippen LogP contribution in [0.4, 0.5) is 14.5 Å². The molecule has 1 fully saturated rings. The monoisotopic (exact) mass is 270 g/mol. The summed E-state index contributed by atoms with van der Waals surface area (Å²) in [7, 11) is 0. The van der Waals surface area contributed by atoms with Gasteiger partial charge in [0.05, 0.1) is 19.3 Å². The van der Waals surface area contributed by atoms with Crippen LogP contribution in [-0.4, -0.2) is 43.2 Å². The van der Waals surface area contributed by atoms with Crippen molar-refractivity contribution < 1.29 is 18.3 Å². The third-order valence-electron chi connectivity index (χ3n) is 2.92. The summed E-state index contributed by atoms with van der Waals surface area (Å²) in [5, 5.41) is 2.27. The molecular weight excluding hydrogens is 254 g/mol. The van der Waals surface area contributed by atoms with Crippen LogP contribution in [0.3, 0.4) is 0 Å². The molecule has 0 aliphatic carbocycles. The molecule has 0 unspecified atom stereocenters. The van der Waals surface area contributed by atoms with Crippen LogP contribution in [-0.2, 0) is 9.53 Å². The van der Waals surface area contributed by atoms with Crippen molar-refractivity contribution >= 4 is 11.6 Å². The number of amides is 1. The van der Waals surface area contributed by atoms with Crippen molar-refractivity contribution in [2.75, 3.05) is 31.6 Å². The average molecular weight is 270 g/mol. The highest BCUT2D eigenvalue weighted by molar-refractivity contribution is 5.92. The number of hydrogen-bond donors (Lipinski definition) is 1. The first kappa shape index (κ1) is 13.9. The molecule has 1 aromatic carbocycles. The maximum Gasteiger partial charge on any atom is 0.238 e. The number of para-hydroxylation sites is 1. The molecule has 1 aliphatic rings. The molecule has 2 rings (SSSR count). The fraction of sp³-hybridized carbons (Fsp3) is 0.462. The lowest BCUT2D eigenvalue weighted by Crippen LogP contribution is -2.44. The fourth-order valence-electron chi connectivity index (χ4n) is 2.03. The van der Waals surface area contributed by atoms with Crippen molar-refractivity contribution in [2.45, 2.75) is 13.0 Å². The lowest BCUT2D eigenvalue weighted by atomic mass is 10.2. The molecule has 1 saturated heterocycles. The summed E-state index contributed by atoms with van der Waals surface area (Å²) in [6, 6.07) is 3.47. The molecule has 0 bridgehead atoms. The van der Waals surface area contributed by atoms with E-state index in [0.717, 1.165) is 12.1 Å². The molecule has 1 atom stereocenters. The van der Waals surface area contributed by atoms with E-state index in [-0.39, 0.29) is 12.6 Å². The normalized spacial score (nSPS) is 20.3. The predicted molar refractivity (Wildman–Crippen MR) is 66.8 cm³/mol. The molecule has 0 radical (unpaired) electrons. The van der Waals surface area contributed by atoms with Gasteiger partial charge in [-0.05, 0) is 19.1 Å². The topological polar surface area (TPSA) is 41.6 Å². The van der Waals surface area contributed by atoms with Gasteiger partial charge < -0.3 is 10.1 Å². The molecule has 1 amide bonds. The van der Waals surface area contributed by atoms with Gasteiger partial charge in [-0.2, -0.15) is 0 Å². The first-order valence-corrected chi connectivity index (χ1v) is 6.14. The highest BCUT2D eigenvalue weighted by Crippen LogP contribution is 2.17. The number of ether oxygens (including phenoxy) is 1. The number of nitrogens with one attached hydrogen (secondary N) is 1. The van der Waals surface area contributed by atoms with Crippen LogP contribution >= 0.6 is 0 Å². The van der Waals surface area contributed by atoms with Crippen molar-refractivity contribution in [3.8, 4) is 0 Å². The van der Waals surface area contributed by atoms with Gasteiger partial charge in [0.2, 0.25) is 5.91 Å². The Balaban J connectivity index is 1.94. The highest BCUT2D eigenvalue weighted by atomic mass is 19.1. The third-order valence-corrected chi connectivity index (χ3v) is 2.92. The van der Waals surface area contributed by atoms with Crippen LogP contribution < -0.4 is 5.32 Å². The minimum Gasteiger partial charge on any atom is -0.376 e. The lowest BCUT2D eigenvalue weighted by molar-refractivity contribution is -0.119. The second-order valence-electron chi connectivity index (χ2n) is 4.56. The smallest absolute Gasteiger partial charge is 0.238 e.